The summed E-state index contributed by atoms with van der Waals surface area (Å²) in [5, 5.41) is 3.07. The maximum absolute atomic E-state index is 11.8. The van der Waals surface area contributed by atoms with E-state index >= 15 is 0 Å². The monoisotopic (exact) mass is 273 g/mol. The Balaban J connectivity index is 2.58. The van der Waals surface area contributed by atoms with E-state index in [2.05, 4.69) is 17.2 Å². The summed E-state index contributed by atoms with van der Waals surface area (Å²) in [6.45, 7) is 2.73. The van der Waals surface area contributed by atoms with Gasteiger partial charge in [0.25, 0.3) is 5.91 Å². The number of amides is 1. The second-order valence-electron chi connectivity index (χ2n) is 3.87. The van der Waals surface area contributed by atoms with Crippen LogP contribution in [-0.4, -0.2) is 29.4 Å². The van der Waals surface area contributed by atoms with E-state index in [0.29, 0.717) is 18.0 Å². The molecule has 1 amide bonds. The fourth-order valence-corrected chi connectivity index (χ4v) is 2.26. The average Bonchev–Trinajstić information content (AvgIpc) is 2.25. The molecule has 1 rings (SSSR count). The Morgan fingerprint density at radius 1 is 1.65 bits per heavy atom. The minimum absolute atomic E-state index is 0.172. The molecule has 1 heterocycles. The van der Waals surface area contributed by atoms with Crippen LogP contribution in [0.4, 0.5) is 5.82 Å². The number of nitrogens with one attached hydrogen (secondary N) is 1. The Hall–Kier alpha value is -0.940. The molecule has 4 nitrogen and oxygen atoms in total. The molecule has 3 N–H and O–H groups in total. The van der Waals surface area contributed by atoms with E-state index in [4.69, 9.17) is 17.3 Å². The van der Waals surface area contributed by atoms with Crippen LogP contribution in [0.5, 0.6) is 0 Å². The zero-order valence-electron chi connectivity index (χ0n) is 9.87. The van der Waals surface area contributed by atoms with Gasteiger partial charge in [-0.05, 0) is 30.1 Å². The second kappa shape index (κ2) is 6.71. The second-order valence-corrected chi connectivity index (χ2v) is 5.17. The van der Waals surface area contributed by atoms with E-state index < -0.39 is 0 Å². The first-order valence-electron chi connectivity index (χ1n) is 5.23. The highest BCUT2D eigenvalue weighted by atomic mass is 35.5. The van der Waals surface area contributed by atoms with E-state index in [1.165, 1.54) is 12.1 Å². The molecule has 6 heteroatoms. The maximum atomic E-state index is 11.8. The highest BCUT2D eigenvalue weighted by molar-refractivity contribution is 7.98. The van der Waals surface area contributed by atoms with E-state index in [0.717, 1.165) is 5.75 Å². The third-order valence-corrected chi connectivity index (χ3v) is 3.23. The standard InChI is InChI=1S/C11H16ClN3OS/c1-7(6-17-2)5-14-11(16)8-3-9(12)15-10(13)4-8/h3-4,7H,5-6H2,1-2H3,(H2,13,15)(H,14,16). The van der Waals surface area contributed by atoms with Gasteiger partial charge in [0, 0.05) is 12.1 Å². The van der Waals surface area contributed by atoms with Gasteiger partial charge < -0.3 is 11.1 Å². The molecule has 0 aliphatic carbocycles. The van der Waals surface area contributed by atoms with Gasteiger partial charge in [-0.1, -0.05) is 18.5 Å². The Morgan fingerprint density at radius 3 is 2.94 bits per heavy atom. The van der Waals surface area contributed by atoms with E-state index in [1.807, 2.05) is 6.26 Å². The van der Waals surface area contributed by atoms with Crippen molar-refractivity contribution in [3.63, 3.8) is 0 Å². The molecular weight excluding hydrogens is 258 g/mol. The van der Waals surface area contributed by atoms with Crippen LogP contribution in [0.2, 0.25) is 5.15 Å². The molecular formula is C11H16ClN3OS. The highest BCUT2D eigenvalue weighted by Crippen LogP contribution is 2.12. The van der Waals surface area contributed by atoms with Gasteiger partial charge in [-0.2, -0.15) is 11.8 Å². The number of anilines is 1. The van der Waals surface area contributed by atoms with Gasteiger partial charge in [0.1, 0.15) is 11.0 Å². The first-order valence-corrected chi connectivity index (χ1v) is 7.00. The molecule has 0 radical (unpaired) electrons. The number of carbonyl (C=O) groups is 1. The van der Waals surface area contributed by atoms with Gasteiger partial charge in [0.2, 0.25) is 0 Å². The molecule has 94 valence electrons. The first-order chi connectivity index (χ1) is 8.02. The van der Waals surface area contributed by atoms with Crippen molar-refractivity contribution < 1.29 is 4.79 Å². The van der Waals surface area contributed by atoms with Crippen molar-refractivity contribution in [1.29, 1.82) is 0 Å². The minimum atomic E-state index is -0.172. The number of rotatable bonds is 5. The topological polar surface area (TPSA) is 68.0 Å². The molecule has 0 spiro atoms. The Morgan fingerprint density at radius 2 is 2.35 bits per heavy atom. The number of nitrogens with two attached hydrogens (primary N) is 1. The van der Waals surface area contributed by atoms with Gasteiger partial charge >= 0.3 is 0 Å². The predicted octanol–water partition coefficient (Wildman–Crippen LogP) is 2.05. The molecule has 1 aromatic rings. The van der Waals surface area contributed by atoms with E-state index in [-0.39, 0.29) is 16.9 Å². The lowest BCUT2D eigenvalue weighted by molar-refractivity contribution is 0.0949. The third-order valence-electron chi connectivity index (χ3n) is 2.14. The smallest absolute Gasteiger partial charge is 0.251 e. The normalized spacial score (nSPS) is 12.2. The lowest BCUT2D eigenvalue weighted by Gasteiger charge is -2.11. The summed E-state index contributed by atoms with van der Waals surface area (Å²) < 4.78 is 0. The SMILES string of the molecule is CSCC(C)CNC(=O)c1cc(N)nc(Cl)c1. The van der Waals surface area contributed by atoms with Crippen LogP contribution in [0.15, 0.2) is 12.1 Å². The van der Waals surface area contributed by atoms with E-state index in [1.54, 1.807) is 11.8 Å². The molecule has 1 atom stereocenters. The van der Waals surface area contributed by atoms with Crippen LogP contribution in [-0.2, 0) is 0 Å². The number of nitrogen functional groups attached to an aromatic ring is 1. The number of nitrogens with zero attached hydrogens (tertiary/aromatic N) is 1. The average molecular weight is 274 g/mol. The summed E-state index contributed by atoms with van der Waals surface area (Å²) in [5.74, 6) is 1.52. The summed E-state index contributed by atoms with van der Waals surface area (Å²) in [6, 6.07) is 3.02. The largest absolute Gasteiger partial charge is 0.384 e. The van der Waals surface area contributed by atoms with Crippen molar-refractivity contribution in [2.75, 3.05) is 24.3 Å². The van der Waals surface area contributed by atoms with Crippen LogP contribution in [0, 0.1) is 5.92 Å². The Bertz CT molecular complexity index is 380. The van der Waals surface area contributed by atoms with Gasteiger partial charge in [-0.15, -0.1) is 0 Å². The van der Waals surface area contributed by atoms with Gasteiger partial charge in [-0.25, -0.2) is 4.98 Å². The van der Waals surface area contributed by atoms with Crippen molar-refractivity contribution in [1.82, 2.24) is 10.3 Å². The number of thioether (sulfide) groups is 1. The predicted molar refractivity (Wildman–Crippen MR) is 73.5 cm³/mol. The maximum Gasteiger partial charge on any atom is 0.251 e. The van der Waals surface area contributed by atoms with Crippen molar-refractivity contribution in [3.05, 3.63) is 22.8 Å². The minimum Gasteiger partial charge on any atom is -0.384 e. The number of hydrogen-bond donors (Lipinski definition) is 2. The molecule has 0 aliphatic heterocycles. The summed E-state index contributed by atoms with van der Waals surface area (Å²) in [5.41, 5.74) is 5.97. The third kappa shape index (κ3) is 4.83. The van der Waals surface area contributed by atoms with Crippen LogP contribution in [0.3, 0.4) is 0 Å². The Labute approximate surface area is 110 Å². The number of halogens is 1. The van der Waals surface area contributed by atoms with Crippen LogP contribution in [0.25, 0.3) is 0 Å². The molecule has 0 fully saturated rings. The van der Waals surface area contributed by atoms with Crippen molar-refractivity contribution >= 4 is 35.1 Å². The van der Waals surface area contributed by atoms with Crippen molar-refractivity contribution in [2.45, 2.75) is 6.92 Å². The van der Waals surface area contributed by atoms with Crippen molar-refractivity contribution in [2.24, 2.45) is 5.92 Å². The van der Waals surface area contributed by atoms with Crippen LogP contribution >= 0.6 is 23.4 Å². The van der Waals surface area contributed by atoms with Crippen LogP contribution < -0.4 is 11.1 Å². The van der Waals surface area contributed by atoms with Gasteiger partial charge in [0.15, 0.2) is 0 Å². The summed E-state index contributed by atoms with van der Waals surface area (Å²) in [4.78, 5) is 15.6. The molecule has 17 heavy (non-hydrogen) atoms. The number of pyridine rings is 1. The van der Waals surface area contributed by atoms with Gasteiger partial charge in [-0.3, -0.25) is 4.79 Å². The molecule has 0 saturated heterocycles. The molecule has 0 aliphatic rings. The summed E-state index contributed by atoms with van der Waals surface area (Å²) in [7, 11) is 0. The lowest BCUT2D eigenvalue weighted by atomic mass is 10.2. The number of aromatic nitrogens is 1. The quantitative estimate of drug-likeness (QED) is 0.806. The van der Waals surface area contributed by atoms with Crippen molar-refractivity contribution in [3.8, 4) is 0 Å². The zero-order chi connectivity index (χ0) is 12.8. The number of carbonyl (C=O) groups excluding carboxylic acids is 1. The molecule has 0 bridgehead atoms. The molecule has 1 aromatic heterocycles. The number of hydrogen-bond acceptors (Lipinski definition) is 4. The molecule has 1 unspecified atom stereocenters. The molecule has 0 aromatic carbocycles. The van der Waals surface area contributed by atoms with Gasteiger partial charge in [0.05, 0.1) is 0 Å². The fourth-order valence-electron chi connectivity index (χ4n) is 1.36. The lowest BCUT2D eigenvalue weighted by Crippen LogP contribution is -2.29. The van der Waals surface area contributed by atoms with E-state index in [9.17, 15) is 4.79 Å². The highest BCUT2D eigenvalue weighted by Gasteiger charge is 2.09. The first kappa shape index (κ1) is 14.1. The Kier molecular flexibility index (Phi) is 5.58. The molecule has 0 saturated carbocycles. The fraction of sp³-hybridized carbons (Fsp3) is 0.455. The summed E-state index contributed by atoms with van der Waals surface area (Å²) >= 11 is 7.49. The zero-order valence-corrected chi connectivity index (χ0v) is 11.4. The summed E-state index contributed by atoms with van der Waals surface area (Å²) in [6.07, 6.45) is 2.04. The van der Waals surface area contributed by atoms with Crippen LogP contribution in [0.1, 0.15) is 17.3 Å².